The molecule has 0 aliphatic carbocycles. The van der Waals surface area contributed by atoms with Crippen LogP contribution in [0.5, 0.6) is 0 Å². The van der Waals surface area contributed by atoms with Crippen LogP contribution < -0.4 is 0 Å². The van der Waals surface area contributed by atoms with Crippen LogP contribution in [0.3, 0.4) is 0 Å². The number of aliphatic carboxylic acids is 1. The summed E-state index contributed by atoms with van der Waals surface area (Å²) in [4.78, 5) is 24.6. The number of carbonyl (C=O) groups is 2. The van der Waals surface area contributed by atoms with Gasteiger partial charge in [0.05, 0.1) is 6.04 Å². The molecule has 0 spiro atoms. The topological polar surface area (TPSA) is 66.8 Å². The van der Waals surface area contributed by atoms with Crippen molar-refractivity contribution in [2.75, 3.05) is 7.05 Å². The molecule has 1 aromatic rings. The Morgan fingerprint density at radius 1 is 1.33 bits per heavy atom. The van der Waals surface area contributed by atoms with Crippen LogP contribution in [0.2, 0.25) is 0 Å². The standard InChI is InChI=1S/C19H27NO4/c1-6-8-16(20(5)18(23)24-19(2,3)4)15-10-7-9-14(13-15)11-12-17(21)22/h7,9-13,16H,6,8H2,1-5H3,(H,21,22)/b12-11-. The molecule has 24 heavy (non-hydrogen) atoms. The number of benzene rings is 1. The molecule has 1 unspecified atom stereocenters. The van der Waals surface area contributed by atoms with Gasteiger partial charge in [0.2, 0.25) is 0 Å². The highest BCUT2D eigenvalue weighted by molar-refractivity contribution is 5.85. The SMILES string of the molecule is CCCC(c1cccc(/C=C\C(=O)O)c1)N(C)C(=O)OC(C)(C)C. The van der Waals surface area contributed by atoms with Gasteiger partial charge in [-0.25, -0.2) is 9.59 Å². The third-order valence-corrected chi connectivity index (χ3v) is 3.42. The van der Waals surface area contributed by atoms with Crippen LogP contribution >= 0.6 is 0 Å². The average Bonchev–Trinajstić information content (AvgIpc) is 2.48. The maximum absolute atomic E-state index is 12.4. The number of carboxylic acids is 1. The predicted molar refractivity (Wildman–Crippen MR) is 94.8 cm³/mol. The summed E-state index contributed by atoms with van der Waals surface area (Å²) in [6.45, 7) is 7.57. The molecule has 0 aliphatic heterocycles. The molecule has 0 bridgehead atoms. The number of ether oxygens (including phenoxy) is 1. The monoisotopic (exact) mass is 333 g/mol. The second-order valence-corrected chi connectivity index (χ2v) is 6.74. The molecular formula is C19H27NO4. The minimum absolute atomic E-state index is 0.122. The third-order valence-electron chi connectivity index (χ3n) is 3.42. The molecule has 1 amide bonds. The van der Waals surface area contributed by atoms with E-state index in [9.17, 15) is 9.59 Å². The van der Waals surface area contributed by atoms with E-state index in [1.54, 1.807) is 18.0 Å². The van der Waals surface area contributed by atoms with Crippen molar-refractivity contribution in [2.45, 2.75) is 52.2 Å². The van der Waals surface area contributed by atoms with E-state index in [0.717, 1.165) is 30.0 Å². The Morgan fingerprint density at radius 3 is 2.54 bits per heavy atom. The van der Waals surface area contributed by atoms with Gasteiger partial charge in [-0.1, -0.05) is 31.5 Å². The van der Waals surface area contributed by atoms with E-state index in [2.05, 4.69) is 6.92 Å². The highest BCUT2D eigenvalue weighted by Gasteiger charge is 2.26. The number of rotatable bonds is 6. The molecule has 0 radical (unpaired) electrons. The zero-order chi connectivity index (χ0) is 18.3. The van der Waals surface area contributed by atoms with Gasteiger partial charge in [0, 0.05) is 13.1 Å². The highest BCUT2D eigenvalue weighted by atomic mass is 16.6. The van der Waals surface area contributed by atoms with E-state index < -0.39 is 11.6 Å². The molecule has 132 valence electrons. The number of carboxylic acid groups (broad SMARTS) is 1. The summed E-state index contributed by atoms with van der Waals surface area (Å²) in [6, 6.07) is 7.42. The van der Waals surface area contributed by atoms with Crippen molar-refractivity contribution < 1.29 is 19.4 Å². The molecule has 0 aromatic heterocycles. The molecule has 1 N–H and O–H groups in total. The van der Waals surface area contributed by atoms with Crippen LogP contribution in [0.4, 0.5) is 4.79 Å². The van der Waals surface area contributed by atoms with Crippen molar-refractivity contribution in [3.8, 4) is 0 Å². The number of carbonyl (C=O) groups excluding carboxylic acids is 1. The van der Waals surface area contributed by atoms with Gasteiger partial charge < -0.3 is 14.7 Å². The molecule has 1 rings (SSSR count). The zero-order valence-electron chi connectivity index (χ0n) is 15.1. The van der Waals surface area contributed by atoms with E-state index >= 15 is 0 Å². The van der Waals surface area contributed by atoms with Crippen molar-refractivity contribution in [3.05, 3.63) is 41.5 Å². The second-order valence-electron chi connectivity index (χ2n) is 6.74. The Hall–Kier alpha value is -2.30. The normalized spacial score (nSPS) is 12.9. The molecular weight excluding hydrogens is 306 g/mol. The second kappa shape index (κ2) is 8.52. The van der Waals surface area contributed by atoms with Gasteiger partial charge in [0.25, 0.3) is 0 Å². The summed E-state index contributed by atoms with van der Waals surface area (Å²) in [5.41, 5.74) is 1.19. The fourth-order valence-corrected chi connectivity index (χ4v) is 2.36. The first kappa shape index (κ1) is 19.7. The fraction of sp³-hybridized carbons (Fsp3) is 0.474. The Labute approximate surface area is 143 Å². The van der Waals surface area contributed by atoms with Crippen LogP contribution in [0.1, 0.15) is 57.7 Å². The first-order valence-corrected chi connectivity index (χ1v) is 8.11. The first-order chi connectivity index (χ1) is 11.1. The van der Waals surface area contributed by atoms with Gasteiger partial charge in [-0.2, -0.15) is 0 Å². The van der Waals surface area contributed by atoms with Crippen LogP contribution in [-0.4, -0.2) is 34.7 Å². The Kier molecular flexibility index (Phi) is 7.01. The van der Waals surface area contributed by atoms with E-state index in [0.29, 0.717) is 0 Å². The Morgan fingerprint density at radius 2 is 2.00 bits per heavy atom. The summed E-state index contributed by atoms with van der Waals surface area (Å²) >= 11 is 0. The summed E-state index contributed by atoms with van der Waals surface area (Å²) in [5.74, 6) is -0.989. The highest BCUT2D eigenvalue weighted by Crippen LogP contribution is 2.27. The van der Waals surface area contributed by atoms with Crippen LogP contribution in [0.25, 0.3) is 6.08 Å². The quantitative estimate of drug-likeness (QED) is 0.779. The smallest absolute Gasteiger partial charge is 0.410 e. The van der Waals surface area contributed by atoms with E-state index in [-0.39, 0.29) is 12.1 Å². The molecule has 1 aromatic carbocycles. The largest absolute Gasteiger partial charge is 0.478 e. The van der Waals surface area contributed by atoms with Crippen molar-refractivity contribution in [2.24, 2.45) is 0 Å². The van der Waals surface area contributed by atoms with Crippen LogP contribution in [0.15, 0.2) is 30.3 Å². The Bertz CT molecular complexity index is 602. The molecule has 0 heterocycles. The van der Waals surface area contributed by atoms with Gasteiger partial charge in [0.15, 0.2) is 0 Å². The first-order valence-electron chi connectivity index (χ1n) is 8.11. The van der Waals surface area contributed by atoms with Crippen molar-refractivity contribution >= 4 is 18.1 Å². The minimum Gasteiger partial charge on any atom is -0.478 e. The number of hydrogen-bond acceptors (Lipinski definition) is 3. The van der Waals surface area contributed by atoms with Gasteiger partial charge >= 0.3 is 12.1 Å². The Balaban J connectivity index is 3.05. The molecule has 0 fully saturated rings. The zero-order valence-corrected chi connectivity index (χ0v) is 15.1. The van der Waals surface area contributed by atoms with E-state index in [1.165, 1.54) is 0 Å². The average molecular weight is 333 g/mol. The molecule has 5 heteroatoms. The van der Waals surface area contributed by atoms with E-state index in [4.69, 9.17) is 9.84 Å². The minimum atomic E-state index is -0.989. The lowest BCUT2D eigenvalue weighted by atomic mass is 9.99. The molecule has 1 atom stereocenters. The maximum Gasteiger partial charge on any atom is 0.410 e. The predicted octanol–water partition coefficient (Wildman–Crippen LogP) is 4.49. The maximum atomic E-state index is 12.4. The third kappa shape index (κ3) is 6.44. The lowest BCUT2D eigenvalue weighted by Gasteiger charge is -2.31. The molecule has 5 nitrogen and oxygen atoms in total. The van der Waals surface area contributed by atoms with E-state index in [1.807, 2.05) is 45.0 Å². The summed E-state index contributed by atoms with van der Waals surface area (Å²) in [6.07, 6.45) is 3.98. The van der Waals surface area contributed by atoms with Crippen molar-refractivity contribution in [1.82, 2.24) is 4.90 Å². The van der Waals surface area contributed by atoms with Crippen LogP contribution in [0, 0.1) is 0 Å². The van der Waals surface area contributed by atoms with Gasteiger partial charge in [0.1, 0.15) is 5.60 Å². The summed E-state index contributed by atoms with van der Waals surface area (Å²) < 4.78 is 5.45. The molecule has 0 saturated carbocycles. The van der Waals surface area contributed by atoms with Gasteiger partial charge in [-0.05, 0) is 50.5 Å². The van der Waals surface area contributed by atoms with Gasteiger partial charge in [-0.3, -0.25) is 0 Å². The fourth-order valence-electron chi connectivity index (χ4n) is 2.36. The number of hydrogen-bond donors (Lipinski definition) is 1. The lowest BCUT2D eigenvalue weighted by molar-refractivity contribution is -0.131. The summed E-state index contributed by atoms with van der Waals surface area (Å²) in [5, 5.41) is 8.75. The van der Waals surface area contributed by atoms with Gasteiger partial charge in [-0.15, -0.1) is 0 Å². The number of nitrogens with zero attached hydrogens (tertiary/aromatic N) is 1. The van der Waals surface area contributed by atoms with Crippen LogP contribution in [-0.2, 0) is 9.53 Å². The summed E-state index contributed by atoms with van der Waals surface area (Å²) in [7, 11) is 1.73. The lowest BCUT2D eigenvalue weighted by Crippen LogP contribution is -2.36. The molecule has 0 aliphatic rings. The van der Waals surface area contributed by atoms with Crippen molar-refractivity contribution in [3.63, 3.8) is 0 Å². The number of amides is 1. The molecule has 0 saturated heterocycles. The van der Waals surface area contributed by atoms with Crippen molar-refractivity contribution in [1.29, 1.82) is 0 Å².